The molecule has 1 aromatic heterocycles. The topological polar surface area (TPSA) is 92.2 Å². The van der Waals surface area contributed by atoms with Crippen LogP contribution in [0.5, 0.6) is 0 Å². The van der Waals surface area contributed by atoms with Gasteiger partial charge in [0.1, 0.15) is 0 Å². The molecule has 0 atom stereocenters. The van der Waals surface area contributed by atoms with Crippen LogP contribution in [0.2, 0.25) is 0 Å². The van der Waals surface area contributed by atoms with Crippen molar-refractivity contribution in [2.24, 2.45) is 0 Å². The third-order valence-electron chi connectivity index (χ3n) is 5.82. The van der Waals surface area contributed by atoms with Crippen LogP contribution in [-0.4, -0.2) is 63.9 Å². The van der Waals surface area contributed by atoms with Crippen LogP contribution in [0.15, 0.2) is 28.7 Å². The number of aromatic nitrogens is 3. The highest BCUT2D eigenvalue weighted by Crippen LogP contribution is 2.42. The summed E-state index contributed by atoms with van der Waals surface area (Å²) in [5.41, 5.74) is 2.25. The Morgan fingerprint density at radius 1 is 1.13 bits per heavy atom. The van der Waals surface area contributed by atoms with Gasteiger partial charge in [0.25, 0.3) is 5.91 Å². The maximum absolute atomic E-state index is 13.0. The van der Waals surface area contributed by atoms with Crippen LogP contribution in [0.3, 0.4) is 0 Å². The summed E-state index contributed by atoms with van der Waals surface area (Å²) >= 11 is 3.45. The minimum absolute atomic E-state index is 0.0722. The van der Waals surface area contributed by atoms with Gasteiger partial charge in [-0.25, -0.2) is 4.68 Å². The number of rotatable bonds is 8. The molecule has 2 fully saturated rings. The number of likely N-dealkylation sites (tertiary alicyclic amines) is 1. The maximum atomic E-state index is 13.0. The molecular formula is C22H29BrN6O2. The van der Waals surface area contributed by atoms with Crippen molar-refractivity contribution in [3.05, 3.63) is 40.1 Å². The summed E-state index contributed by atoms with van der Waals surface area (Å²) in [7, 11) is 0. The van der Waals surface area contributed by atoms with Gasteiger partial charge in [0.15, 0.2) is 5.69 Å². The van der Waals surface area contributed by atoms with Crippen molar-refractivity contribution < 1.29 is 9.59 Å². The number of halogens is 1. The molecule has 1 aromatic carbocycles. The molecule has 2 aromatic rings. The molecule has 2 aliphatic rings. The van der Waals surface area contributed by atoms with Gasteiger partial charge in [-0.3, -0.25) is 14.5 Å². The largest absolute Gasteiger partial charge is 0.355 e. The lowest BCUT2D eigenvalue weighted by molar-refractivity contribution is -0.122. The van der Waals surface area contributed by atoms with E-state index in [-0.39, 0.29) is 17.9 Å². The zero-order valence-electron chi connectivity index (χ0n) is 17.8. The van der Waals surface area contributed by atoms with E-state index in [0.29, 0.717) is 18.2 Å². The average molecular weight is 489 g/mol. The van der Waals surface area contributed by atoms with Crippen molar-refractivity contribution in [2.75, 3.05) is 26.2 Å². The third-order valence-corrected chi connectivity index (χ3v) is 6.35. The fraction of sp³-hybridized carbons (Fsp3) is 0.545. The second kappa shape index (κ2) is 9.91. The Labute approximate surface area is 190 Å². The van der Waals surface area contributed by atoms with Crippen LogP contribution in [-0.2, 0) is 4.79 Å². The van der Waals surface area contributed by atoms with E-state index in [1.165, 1.54) is 0 Å². The minimum atomic E-state index is -0.149. The van der Waals surface area contributed by atoms with Gasteiger partial charge in [-0.1, -0.05) is 28.1 Å². The van der Waals surface area contributed by atoms with E-state index in [4.69, 9.17) is 0 Å². The molecule has 4 rings (SSSR count). The molecule has 166 valence electrons. The van der Waals surface area contributed by atoms with Gasteiger partial charge in [0, 0.05) is 36.1 Å². The maximum Gasteiger partial charge on any atom is 0.274 e. The number of hydrogen-bond donors (Lipinski definition) is 2. The standard InChI is InChI=1S/C22H29BrN6O2/c1-2-11-24-19(30)14-28-12-9-17(10-13-28)25-22(31)20-21(15-3-4-15)29(27-26-20)18-7-5-16(23)6-8-18/h5-8,15,17H,2-4,9-14H2,1H3,(H,24,30)(H,25,31). The number of piperidine rings is 1. The Balaban J connectivity index is 1.36. The molecule has 0 unspecified atom stereocenters. The van der Waals surface area contributed by atoms with Crippen LogP contribution in [0, 0.1) is 0 Å². The summed E-state index contributed by atoms with van der Waals surface area (Å²) in [4.78, 5) is 27.1. The predicted molar refractivity (Wildman–Crippen MR) is 121 cm³/mol. The van der Waals surface area contributed by atoms with Gasteiger partial charge in [-0.15, -0.1) is 5.10 Å². The lowest BCUT2D eigenvalue weighted by Gasteiger charge is -2.31. The molecule has 1 aliphatic carbocycles. The molecule has 31 heavy (non-hydrogen) atoms. The van der Waals surface area contributed by atoms with Crippen molar-refractivity contribution in [3.63, 3.8) is 0 Å². The monoisotopic (exact) mass is 488 g/mol. The summed E-state index contributed by atoms with van der Waals surface area (Å²) < 4.78 is 2.80. The molecule has 1 saturated heterocycles. The molecule has 0 spiro atoms. The Morgan fingerprint density at radius 2 is 1.84 bits per heavy atom. The average Bonchev–Trinajstić information content (AvgIpc) is 3.52. The summed E-state index contributed by atoms with van der Waals surface area (Å²) in [6.45, 7) is 4.78. The van der Waals surface area contributed by atoms with Crippen LogP contribution >= 0.6 is 15.9 Å². The van der Waals surface area contributed by atoms with Crippen LogP contribution in [0.4, 0.5) is 0 Å². The first-order chi connectivity index (χ1) is 15.0. The highest BCUT2D eigenvalue weighted by atomic mass is 79.9. The molecule has 0 radical (unpaired) electrons. The fourth-order valence-electron chi connectivity index (χ4n) is 3.96. The zero-order valence-corrected chi connectivity index (χ0v) is 19.4. The van der Waals surface area contributed by atoms with E-state index in [9.17, 15) is 9.59 Å². The molecule has 9 heteroatoms. The molecule has 2 heterocycles. The van der Waals surface area contributed by atoms with Crippen molar-refractivity contribution >= 4 is 27.7 Å². The smallest absolute Gasteiger partial charge is 0.274 e. The van der Waals surface area contributed by atoms with E-state index < -0.39 is 0 Å². The molecule has 8 nitrogen and oxygen atoms in total. The van der Waals surface area contributed by atoms with Crippen molar-refractivity contribution in [3.8, 4) is 5.69 Å². The van der Waals surface area contributed by atoms with Gasteiger partial charge in [-0.2, -0.15) is 0 Å². The van der Waals surface area contributed by atoms with Crippen molar-refractivity contribution in [2.45, 2.75) is 51.0 Å². The highest BCUT2D eigenvalue weighted by Gasteiger charge is 2.35. The van der Waals surface area contributed by atoms with Gasteiger partial charge >= 0.3 is 0 Å². The number of carbonyl (C=O) groups excluding carboxylic acids is 2. The summed E-state index contributed by atoms with van der Waals surface area (Å²) in [5, 5.41) is 14.6. The first kappa shape index (κ1) is 22.0. The summed E-state index contributed by atoms with van der Waals surface area (Å²) in [5.74, 6) is 0.259. The normalized spacial score (nSPS) is 17.5. The Hall–Kier alpha value is -2.26. The molecule has 2 N–H and O–H groups in total. The number of nitrogens with zero attached hydrogens (tertiary/aromatic N) is 4. The van der Waals surface area contributed by atoms with E-state index >= 15 is 0 Å². The first-order valence-corrected chi connectivity index (χ1v) is 11.9. The van der Waals surface area contributed by atoms with Gasteiger partial charge in [0.05, 0.1) is 17.9 Å². The Kier molecular flexibility index (Phi) is 7.02. The van der Waals surface area contributed by atoms with Crippen LogP contribution in [0.25, 0.3) is 5.69 Å². The number of hydrogen-bond acceptors (Lipinski definition) is 5. The second-order valence-corrected chi connectivity index (χ2v) is 9.28. The van der Waals surface area contributed by atoms with E-state index in [0.717, 1.165) is 67.6 Å². The molecule has 1 saturated carbocycles. The van der Waals surface area contributed by atoms with Gasteiger partial charge in [-0.05, 0) is 56.4 Å². The van der Waals surface area contributed by atoms with Gasteiger partial charge in [0.2, 0.25) is 5.91 Å². The number of carbonyl (C=O) groups is 2. The number of amides is 2. The summed E-state index contributed by atoms with van der Waals surface area (Å²) in [6.07, 6.45) is 4.71. The van der Waals surface area contributed by atoms with Crippen LogP contribution in [0.1, 0.15) is 61.1 Å². The van der Waals surface area contributed by atoms with Gasteiger partial charge < -0.3 is 10.6 Å². The highest BCUT2D eigenvalue weighted by molar-refractivity contribution is 9.10. The molecular weight excluding hydrogens is 460 g/mol. The second-order valence-electron chi connectivity index (χ2n) is 8.36. The Morgan fingerprint density at radius 3 is 2.48 bits per heavy atom. The molecule has 2 amide bonds. The third kappa shape index (κ3) is 5.51. The van der Waals surface area contributed by atoms with Crippen molar-refractivity contribution in [1.29, 1.82) is 0 Å². The zero-order chi connectivity index (χ0) is 21.8. The number of benzene rings is 1. The first-order valence-electron chi connectivity index (χ1n) is 11.1. The SMILES string of the molecule is CCCNC(=O)CN1CCC(NC(=O)c2nnn(-c3ccc(Br)cc3)c2C2CC2)CC1. The van der Waals surface area contributed by atoms with Crippen LogP contribution < -0.4 is 10.6 Å². The van der Waals surface area contributed by atoms with E-state index in [1.807, 2.05) is 31.2 Å². The quantitative estimate of drug-likeness (QED) is 0.595. The molecule has 1 aliphatic heterocycles. The van der Waals surface area contributed by atoms with Crippen molar-refractivity contribution in [1.82, 2.24) is 30.5 Å². The lowest BCUT2D eigenvalue weighted by atomic mass is 10.0. The lowest BCUT2D eigenvalue weighted by Crippen LogP contribution is -2.47. The predicted octanol–water partition coefficient (Wildman–Crippen LogP) is 2.63. The van der Waals surface area contributed by atoms with E-state index in [1.54, 1.807) is 4.68 Å². The molecule has 0 bridgehead atoms. The summed E-state index contributed by atoms with van der Waals surface area (Å²) in [6, 6.07) is 7.96. The Bertz CT molecular complexity index is 917. The minimum Gasteiger partial charge on any atom is -0.355 e. The number of nitrogens with one attached hydrogen (secondary N) is 2. The van der Waals surface area contributed by atoms with E-state index in [2.05, 4.69) is 41.8 Å². The fourth-order valence-corrected chi connectivity index (χ4v) is 4.22.